The molecular weight excluding hydrogens is 421 g/mol. The average molecular weight is 445 g/mol. The second-order valence-electron chi connectivity index (χ2n) is 7.93. The number of nitrogens with zero attached hydrogens (tertiary/aromatic N) is 1. The van der Waals surface area contributed by atoms with Gasteiger partial charge in [0.1, 0.15) is 23.4 Å². The third-order valence-electron chi connectivity index (χ3n) is 6.15. The van der Waals surface area contributed by atoms with Gasteiger partial charge in [-0.15, -0.1) is 0 Å². The van der Waals surface area contributed by atoms with Crippen LogP contribution in [-0.2, 0) is 6.42 Å². The van der Waals surface area contributed by atoms with Crippen LogP contribution in [0.3, 0.4) is 0 Å². The molecule has 1 atom stereocenters. The SMILES string of the molecule is COc1ccc(NC(=O)N2CCc3c([nH]c4ccccc34)[C@H]2c2ccccc2F)c(OC)c1. The van der Waals surface area contributed by atoms with Crippen molar-refractivity contribution in [3.63, 3.8) is 0 Å². The maximum atomic E-state index is 15.0. The summed E-state index contributed by atoms with van der Waals surface area (Å²) >= 11 is 0. The number of benzene rings is 3. The molecule has 0 saturated heterocycles. The summed E-state index contributed by atoms with van der Waals surface area (Å²) < 4.78 is 25.6. The molecule has 6 nitrogen and oxygen atoms in total. The normalized spacial score (nSPS) is 15.2. The zero-order valence-electron chi connectivity index (χ0n) is 18.4. The highest BCUT2D eigenvalue weighted by Crippen LogP contribution is 2.40. The molecule has 0 saturated carbocycles. The molecule has 2 amide bonds. The lowest BCUT2D eigenvalue weighted by molar-refractivity contribution is 0.191. The lowest BCUT2D eigenvalue weighted by Gasteiger charge is -2.36. The number of aromatic nitrogens is 1. The minimum absolute atomic E-state index is 0.337. The van der Waals surface area contributed by atoms with E-state index in [1.165, 1.54) is 13.2 Å². The van der Waals surface area contributed by atoms with Crippen LogP contribution in [0.1, 0.15) is 22.9 Å². The van der Waals surface area contributed by atoms with Gasteiger partial charge in [0.2, 0.25) is 0 Å². The van der Waals surface area contributed by atoms with E-state index < -0.39 is 6.04 Å². The van der Waals surface area contributed by atoms with Crippen LogP contribution in [0.25, 0.3) is 10.9 Å². The van der Waals surface area contributed by atoms with Crippen molar-refractivity contribution in [1.82, 2.24) is 9.88 Å². The molecule has 3 aromatic carbocycles. The standard InChI is InChI=1S/C26H24FN3O3/c1-32-16-11-12-22(23(15-16)33-2)29-26(31)30-14-13-18-17-7-4-6-10-21(17)28-24(18)25(30)19-8-3-5-9-20(19)27/h3-12,15,25,28H,13-14H2,1-2H3,(H,29,31)/t25-/m1/s1. The van der Waals surface area contributed by atoms with Crippen LogP contribution in [0.5, 0.6) is 11.5 Å². The van der Waals surface area contributed by atoms with Crippen LogP contribution in [-0.4, -0.2) is 36.7 Å². The van der Waals surface area contributed by atoms with Gasteiger partial charge in [-0.2, -0.15) is 0 Å². The van der Waals surface area contributed by atoms with E-state index in [0.29, 0.717) is 35.7 Å². The van der Waals surface area contributed by atoms with Gasteiger partial charge in [0, 0.05) is 34.8 Å². The smallest absolute Gasteiger partial charge is 0.322 e. The first-order valence-electron chi connectivity index (χ1n) is 10.7. The maximum Gasteiger partial charge on any atom is 0.322 e. The second-order valence-corrected chi connectivity index (χ2v) is 7.93. The number of para-hydroxylation sites is 1. The molecule has 1 aromatic heterocycles. The van der Waals surface area contributed by atoms with Crippen molar-refractivity contribution in [2.24, 2.45) is 0 Å². The van der Waals surface area contributed by atoms with Gasteiger partial charge >= 0.3 is 6.03 Å². The van der Waals surface area contributed by atoms with Gasteiger partial charge in [-0.1, -0.05) is 36.4 Å². The maximum absolute atomic E-state index is 15.0. The van der Waals surface area contributed by atoms with E-state index >= 15 is 0 Å². The molecule has 33 heavy (non-hydrogen) atoms. The van der Waals surface area contributed by atoms with Crippen LogP contribution in [0, 0.1) is 5.82 Å². The molecule has 1 aliphatic heterocycles. The molecule has 7 heteroatoms. The molecule has 2 N–H and O–H groups in total. The first-order chi connectivity index (χ1) is 16.1. The minimum Gasteiger partial charge on any atom is -0.497 e. The third kappa shape index (κ3) is 3.65. The quantitative estimate of drug-likeness (QED) is 0.436. The number of carbonyl (C=O) groups excluding carboxylic acids is 1. The Hall–Kier alpha value is -4.00. The summed E-state index contributed by atoms with van der Waals surface area (Å²) in [6.07, 6.45) is 0.664. The summed E-state index contributed by atoms with van der Waals surface area (Å²) in [6, 6.07) is 18.9. The number of aromatic amines is 1. The number of anilines is 1. The lowest BCUT2D eigenvalue weighted by Crippen LogP contribution is -2.43. The number of ether oxygens (including phenoxy) is 2. The monoisotopic (exact) mass is 445 g/mol. The number of amides is 2. The van der Waals surface area contributed by atoms with Crippen LogP contribution < -0.4 is 14.8 Å². The van der Waals surface area contributed by atoms with Crippen LogP contribution in [0.15, 0.2) is 66.7 Å². The number of urea groups is 1. The summed E-state index contributed by atoms with van der Waals surface area (Å²) in [5, 5.41) is 4.04. The Balaban J connectivity index is 1.56. The number of rotatable bonds is 4. The third-order valence-corrected chi connectivity index (χ3v) is 6.15. The van der Waals surface area contributed by atoms with Crippen molar-refractivity contribution in [2.45, 2.75) is 12.5 Å². The van der Waals surface area contributed by atoms with E-state index in [2.05, 4.69) is 16.4 Å². The Bertz CT molecular complexity index is 1330. The summed E-state index contributed by atoms with van der Waals surface area (Å²) in [5.41, 5.74) is 3.89. The fourth-order valence-electron chi connectivity index (χ4n) is 4.57. The fourth-order valence-corrected chi connectivity index (χ4v) is 4.57. The molecule has 5 rings (SSSR count). The van der Waals surface area contributed by atoms with Gasteiger partial charge in [-0.25, -0.2) is 9.18 Å². The Labute approximate surface area is 190 Å². The second kappa shape index (κ2) is 8.50. The zero-order valence-corrected chi connectivity index (χ0v) is 18.4. The van der Waals surface area contributed by atoms with Crippen molar-refractivity contribution in [2.75, 3.05) is 26.1 Å². The number of methoxy groups -OCH3 is 2. The highest BCUT2D eigenvalue weighted by atomic mass is 19.1. The van der Waals surface area contributed by atoms with Gasteiger partial charge in [0.05, 0.1) is 19.9 Å². The van der Waals surface area contributed by atoms with E-state index in [4.69, 9.17) is 9.47 Å². The Morgan fingerprint density at radius 1 is 1.06 bits per heavy atom. The van der Waals surface area contributed by atoms with Crippen LogP contribution in [0.4, 0.5) is 14.9 Å². The van der Waals surface area contributed by atoms with E-state index in [1.807, 2.05) is 18.2 Å². The summed E-state index contributed by atoms with van der Waals surface area (Å²) in [4.78, 5) is 18.6. The molecule has 4 aromatic rings. The Morgan fingerprint density at radius 2 is 1.85 bits per heavy atom. The van der Waals surface area contributed by atoms with Crippen molar-refractivity contribution >= 4 is 22.6 Å². The Kier molecular flexibility index (Phi) is 5.38. The first-order valence-corrected chi connectivity index (χ1v) is 10.7. The number of H-pyrrole nitrogens is 1. The molecule has 2 heterocycles. The number of fused-ring (bicyclic) bond motifs is 3. The number of hydrogen-bond acceptors (Lipinski definition) is 3. The van der Waals surface area contributed by atoms with Gasteiger partial charge in [0.15, 0.2) is 0 Å². The van der Waals surface area contributed by atoms with E-state index in [1.54, 1.807) is 48.4 Å². The van der Waals surface area contributed by atoms with Crippen molar-refractivity contribution in [3.8, 4) is 11.5 Å². The highest BCUT2D eigenvalue weighted by Gasteiger charge is 2.36. The van der Waals surface area contributed by atoms with Crippen molar-refractivity contribution in [3.05, 3.63) is 89.4 Å². The number of hydrogen-bond donors (Lipinski definition) is 2. The largest absolute Gasteiger partial charge is 0.497 e. The highest BCUT2D eigenvalue weighted by molar-refractivity contribution is 5.93. The molecule has 0 fully saturated rings. The first kappa shape index (κ1) is 20.9. The van der Waals surface area contributed by atoms with Crippen LogP contribution >= 0.6 is 0 Å². The molecule has 1 aliphatic rings. The fraction of sp³-hybridized carbons (Fsp3) is 0.192. The van der Waals surface area contributed by atoms with Gasteiger partial charge in [-0.3, -0.25) is 0 Å². The molecule has 0 aliphatic carbocycles. The lowest BCUT2D eigenvalue weighted by atomic mass is 9.92. The van der Waals surface area contributed by atoms with Gasteiger partial charge in [0.25, 0.3) is 0 Å². The van der Waals surface area contributed by atoms with E-state index in [0.717, 1.165) is 22.2 Å². The molecule has 0 bridgehead atoms. The van der Waals surface area contributed by atoms with E-state index in [-0.39, 0.29) is 11.8 Å². The van der Waals surface area contributed by atoms with E-state index in [9.17, 15) is 9.18 Å². The van der Waals surface area contributed by atoms with Gasteiger partial charge in [-0.05, 0) is 36.2 Å². The predicted octanol–water partition coefficient (Wildman–Crippen LogP) is 5.50. The molecular formula is C26H24FN3O3. The molecule has 0 radical (unpaired) electrons. The minimum atomic E-state index is -0.591. The Morgan fingerprint density at radius 3 is 2.64 bits per heavy atom. The van der Waals surface area contributed by atoms with Crippen molar-refractivity contribution in [1.29, 1.82) is 0 Å². The topological polar surface area (TPSA) is 66.6 Å². The molecule has 0 spiro atoms. The summed E-state index contributed by atoms with van der Waals surface area (Å²) in [5.74, 6) is 0.747. The van der Waals surface area contributed by atoms with Crippen molar-refractivity contribution < 1.29 is 18.7 Å². The molecule has 0 unspecified atom stereocenters. The predicted molar refractivity (Wildman–Crippen MR) is 126 cm³/mol. The number of carbonyl (C=O) groups is 1. The summed E-state index contributed by atoms with van der Waals surface area (Å²) in [6.45, 7) is 0.443. The van der Waals surface area contributed by atoms with Gasteiger partial charge < -0.3 is 24.7 Å². The zero-order chi connectivity index (χ0) is 22.9. The number of halogens is 1. The summed E-state index contributed by atoms with van der Waals surface area (Å²) in [7, 11) is 3.10. The molecule has 168 valence electrons. The average Bonchev–Trinajstić information content (AvgIpc) is 3.23. The number of nitrogens with one attached hydrogen (secondary N) is 2. The van der Waals surface area contributed by atoms with Crippen LogP contribution in [0.2, 0.25) is 0 Å².